The van der Waals surface area contributed by atoms with Crippen molar-refractivity contribution in [2.75, 3.05) is 4.90 Å². The van der Waals surface area contributed by atoms with Crippen LogP contribution in [0.25, 0.3) is 6.08 Å². The van der Waals surface area contributed by atoms with Gasteiger partial charge in [0.1, 0.15) is 0 Å². The maximum atomic E-state index is 12.5. The summed E-state index contributed by atoms with van der Waals surface area (Å²) in [6, 6.07) is 13.1. The number of anilines is 1. The summed E-state index contributed by atoms with van der Waals surface area (Å²) in [7, 11) is 0. The number of hydrogen-bond acceptors (Lipinski definition) is 5. The number of nitro benzene ring substituents is 1. The number of amides is 2. The predicted molar refractivity (Wildman–Crippen MR) is 95.7 cm³/mol. The lowest BCUT2D eigenvalue weighted by Crippen LogP contribution is -2.27. The average molecular weight is 405 g/mol. The van der Waals surface area contributed by atoms with E-state index in [9.17, 15) is 19.7 Å². The summed E-state index contributed by atoms with van der Waals surface area (Å²) in [6.07, 6.45) is 1.48. The number of halogens is 1. The summed E-state index contributed by atoms with van der Waals surface area (Å²) in [6.45, 7) is 0. The zero-order chi connectivity index (χ0) is 17.3. The molecule has 1 aliphatic rings. The highest BCUT2D eigenvalue weighted by molar-refractivity contribution is 9.10. The number of benzene rings is 2. The zero-order valence-corrected chi connectivity index (χ0v) is 14.4. The van der Waals surface area contributed by atoms with Crippen LogP contribution in [-0.4, -0.2) is 16.1 Å². The van der Waals surface area contributed by atoms with Gasteiger partial charge in [0.15, 0.2) is 0 Å². The lowest BCUT2D eigenvalue weighted by atomic mass is 10.2. The van der Waals surface area contributed by atoms with E-state index in [4.69, 9.17) is 0 Å². The van der Waals surface area contributed by atoms with Crippen LogP contribution in [0.2, 0.25) is 0 Å². The molecule has 1 fully saturated rings. The third-order valence-corrected chi connectivity index (χ3v) is 4.81. The van der Waals surface area contributed by atoms with Crippen molar-refractivity contribution in [3.63, 3.8) is 0 Å². The fourth-order valence-electron chi connectivity index (χ4n) is 2.18. The third-order valence-electron chi connectivity index (χ3n) is 3.27. The Hall–Kier alpha value is -2.45. The lowest BCUT2D eigenvalue weighted by Gasteiger charge is -2.11. The van der Waals surface area contributed by atoms with Gasteiger partial charge in [0, 0.05) is 6.07 Å². The molecule has 8 heteroatoms. The molecule has 3 rings (SSSR count). The number of carbonyl (C=O) groups excluding carboxylic acids is 2. The van der Waals surface area contributed by atoms with Crippen LogP contribution in [0, 0.1) is 10.1 Å². The van der Waals surface area contributed by atoms with Gasteiger partial charge in [-0.05, 0) is 57.5 Å². The van der Waals surface area contributed by atoms with Crippen LogP contribution >= 0.6 is 27.7 Å². The first-order chi connectivity index (χ1) is 11.5. The van der Waals surface area contributed by atoms with E-state index in [-0.39, 0.29) is 10.6 Å². The molecular weight excluding hydrogens is 396 g/mol. The highest BCUT2D eigenvalue weighted by atomic mass is 79.9. The number of carbonyl (C=O) groups is 2. The van der Waals surface area contributed by atoms with E-state index in [1.165, 1.54) is 18.2 Å². The first-order valence-corrected chi connectivity index (χ1v) is 8.35. The average Bonchev–Trinajstić information content (AvgIpc) is 2.83. The quantitative estimate of drug-likeness (QED) is 0.424. The summed E-state index contributed by atoms with van der Waals surface area (Å²) in [5.41, 5.74) is 0.861. The standard InChI is InChI=1S/C16H9BrN2O4S/c17-12-7-6-10(8-13(12)19(22)23)9-14-15(20)18(16(21)24-14)11-4-2-1-3-5-11/h1-9H/b14-9-. The van der Waals surface area contributed by atoms with Crippen LogP contribution in [0.3, 0.4) is 0 Å². The molecule has 2 amide bonds. The van der Waals surface area contributed by atoms with Gasteiger partial charge in [-0.25, -0.2) is 4.90 Å². The van der Waals surface area contributed by atoms with Crippen molar-refractivity contribution in [2.24, 2.45) is 0 Å². The van der Waals surface area contributed by atoms with Gasteiger partial charge in [0.2, 0.25) is 0 Å². The van der Waals surface area contributed by atoms with Gasteiger partial charge in [0.05, 0.1) is 20.0 Å². The minimum absolute atomic E-state index is 0.106. The Morgan fingerprint density at radius 3 is 2.50 bits per heavy atom. The summed E-state index contributed by atoms with van der Waals surface area (Å²) in [5, 5.41) is 10.6. The van der Waals surface area contributed by atoms with Gasteiger partial charge in [0.25, 0.3) is 16.8 Å². The SMILES string of the molecule is O=C1S/C(=C\c2ccc(Br)c([N+](=O)[O-])c2)C(=O)N1c1ccccc1. The highest BCUT2D eigenvalue weighted by Crippen LogP contribution is 2.36. The van der Waals surface area contributed by atoms with Crippen LogP contribution < -0.4 is 4.90 Å². The predicted octanol–water partition coefficient (Wildman–Crippen LogP) is 4.60. The van der Waals surface area contributed by atoms with Crippen molar-refractivity contribution in [3.05, 3.63) is 73.6 Å². The van der Waals surface area contributed by atoms with E-state index in [1.54, 1.807) is 36.4 Å². The van der Waals surface area contributed by atoms with E-state index in [2.05, 4.69) is 15.9 Å². The van der Waals surface area contributed by atoms with E-state index >= 15 is 0 Å². The Labute approximate surface area is 149 Å². The molecule has 0 spiro atoms. The van der Waals surface area contributed by atoms with E-state index in [0.717, 1.165) is 16.7 Å². The van der Waals surface area contributed by atoms with Gasteiger partial charge >= 0.3 is 0 Å². The van der Waals surface area contributed by atoms with Gasteiger partial charge in [-0.15, -0.1) is 0 Å². The van der Waals surface area contributed by atoms with Gasteiger partial charge in [-0.3, -0.25) is 19.7 Å². The van der Waals surface area contributed by atoms with Gasteiger partial charge in [-0.2, -0.15) is 0 Å². The molecule has 2 aromatic rings. The van der Waals surface area contributed by atoms with Gasteiger partial charge < -0.3 is 0 Å². The number of hydrogen-bond donors (Lipinski definition) is 0. The number of nitro groups is 1. The van der Waals surface area contributed by atoms with Crippen LogP contribution in [0.15, 0.2) is 57.9 Å². The maximum Gasteiger partial charge on any atom is 0.298 e. The molecule has 0 bridgehead atoms. The Kier molecular flexibility index (Phi) is 4.50. The molecule has 0 aromatic heterocycles. The molecule has 0 atom stereocenters. The molecule has 6 nitrogen and oxygen atoms in total. The Morgan fingerprint density at radius 2 is 1.83 bits per heavy atom. The number of nitrogens with zero attached hydrogens (tertiary/aromatic N) is 2. The highest BCUT2D eigenvalue weighted by Gasteiger charge is 2.36. The molecule has 0 unspecified atom stereocenters. The molecule has 0 aliphatic carbocycles. The molecular formula is C16H9BrN2O4S. The number of thioether (sulfide) groups is 1. The van der Waals surface area contributed by atoms with E-state index in [1.807, 2.05) is 0 Å². The molecule has 0 N–H and O–H groups in total. The molecule has 24 heavy (non-hydrogen) atoms. The second-order valence-electron chi connectivity index (χ2n) is 4.82. The summed E-state index contributed by atoms with van der Waals surface area (Å²) >= 11 is 3.92. The number of rotatable bonds is 3. The van der Waals surface area contributed by atoms with Crippen molar-refractivity contribution in [1.82, 2.24) is 0 Å². The second-order valence-corrected chi connectivity index (χ2v) is 6.67. The normalized spacial score (nSPS) is 16.0. The summed E-state index contributed by atoms with van der Waals surface area (Å²) in [4.78, 5) is 36.4. The first-order valence-electron chi connectivity index (χ1n) is 6.74. The van der Waals surface area contributed by atoms with Crippen molar-refractivity contribution in [2.45, 2.75) is 0 Å². The van der Waals surface area contributed by atoms with Crippen molar-refractivity contribution < 1.29 is 14.5 Å². The maximum absolute atomic E-state index is 12.5. The Bertz CT molecular complexity index is 883. The first kappa shape index (κ1) is 16.4. The molecule has 1 saturated heterocycles. The monoisotopic (exact) mass is 404 g/mol. The lowest BCUT2D eigenvalue weighted by molar-refractivity contribution is -0.385. The van der Waals surface area contributed by atoms with Crippen molar-refractivity contribution in [3.8, 4) is 0 Å². The van der Waals surface area contributed by atoms with Crippen LogP contribution in [0.5, 0.6) is 0 Å². The summed E-state index contributed by atoms with van der Waals surface area (Å²) in [5.74, 6) is -0.443. The second kappa shape index (κ2) is 6.58. The zero-order valence-electron chi connectivity index (χ0n) is 12.0. The third kappa shape index (κ3) is 3.10. The molecule has 0 radical (unpaired) electrons. The summed E-state index contributed by atoms with van der Waals surface area (Å²) < 4.78 is 0.349. The van der Waals surface area contributed by atoms with Crippen LogP contribution in [-0.2, 0) is 4.79 Å². The molecule has 2 aromatic carbocycles. The Morgan fingerprint density at radius 1 is 1.12 bits per heavy atom. The van der Waals surface area contributed by atoms with Crippen LogP contribution in [0.1, 0.15) is 5.56 Å². The fraction of sp³-hybridized carbons (Fsp3) is 0. The largest absolute Gasteiger partial charge is 0.298 e. The smallest absolute Gasteiger partial charge is 0.268 e. The van der Waals surface area contributed by atoms with E-state index in [0.29, 0.717) is 15.7 Å². The fourth-order valence-corrected chi connectivity index (χ4v) is 3.41. The van der Waals surface area contributed by atoms with Crippen molar-refractivity contribution in [1.29, 1.82) is 0 Å². The van der Waals surface area contributed by atoms with E-state index < -0.39 is 16.1 Å². The number of para-hydroxylation sites is 1. The minimum Gasteiger partial charge on any atom is -0.268 e. The molecule has 0 saturated carbocycles. The minimum atomic E-state index is -0.517. The van der Waals surface area contributed by atoms with Crippen molar-refractivity contribution >= 4 is 56.3 Å². The molecule has 1 heterocycles. The number of imide groups is 1. The van der Waals surface area contributed by atoms with Gasteiger partial charge in [-0.1, -0.05) is 24.3 Å². The molecule has 120 valence electrons. The molecule has 1 aliphatic heterocycles. The Balaban J connectivity index is 1.95. The van der Waals surface area contributed by atoms with Crippen LogP contribution in [0.4, 0.5) is 16.2 Å². The topological polar surface area (TPSA) is 80.5 Å².